The van der Waals surface area contributed by atoms with Gasteiger partial charge in [0.15, 0.2) is 6.61 Å². The van der Waals surface area contributed by atoms with Crippen molar-refractivity contribution < 1.29 is 14.3 Å². The number of aryl methyl sites for hydroxylation is 1. The SMILES string of the molecule is COc1ccc(OCC(=O)N2CCN(c3cc(-n4cccc4)nc(C)n3)CC2)cc1. The topological polar surface area (TPSA) is 72.7 Å². The van der Waals surface area contributed by atoms with Gasteiger partial charge in [0.2, 0.25) is 0 Å². The number of hydrogen-bond acceptors (Lipinski definition) is 6. The molecule has 0 saturated carbocycles. The van der Waals surface area contributed by atoms with Gasteiger partial charge in [-0.25, -0.2) is 9.97 Å². The van der Waals surface area contributed by atoms with Gasteiger partial charge >= 0.3 is 0 Å². The van der Waals surface area contributed by atoms with E-state index in [1.165, 1.54) is 0 Å². The third-order valence-corrected chi connectivity index (χ3v) is 5.06. The van der Waals surface area contributed by atoms with Crippen molar-refractivity contribution in [3.63, 3.8) is 0 Å². The first kappa shape index (κ1) is 19.8. The van der Waals surface area contributed by atoms with Gasteiger partial charge in [-0.1, -0.05) is 0 Å². The van der Waals surface area contributed by atoms with Gasteiger partial charge in [0.25, 0.3) is 5.91 Å². The first-order chi connectivity index (χ1) is 14.6. The van der Waals surface area contributed by atoms with Crippen molar-refractivity contribution in [3.05, 3.63) is 60.7 Å². The van der Waals surface area contributed by atoms with Crippen LogP contribution >= 0.6 is 0 Å². The minimum absolute atomic E-state index is 0.0163. The van der Waals surface area contributed by atoms with Crippen molar-refractivity contribution in [1.29, 1.82) is 0 Å². The van der Waals surface area contributed by atoms with E-state index in [0.717, 1.165) is 36.3 Å². The van der Waals surface area contributed by atoms with Crippen LogP contribution in [0.4, 0.5) is 5.82 Å². The molecule has 0 spiro atoms. The first-order valence-electron chi connectivity index (χ1n) is 9.91. The monoisotopic (exact) mass is 407 g/mol. The third kappa shape index (κ3) is 4.53. The summed E-state index contributed by atoms with van der Waals surface area (Å²) in [7, 11) is 1.61. The molecule has 1 saturated heterocycles. The number of amides is 1. The highest BCUT2D eigenvalue weighted by Crippen LogP contribution is 2.19. The Morgan fingerprint density at radius 1 is 0.967 bits per heavy atom. The predicted molar refractivity (Wildman–Crippen MR) is 113 cm³/mol. The van der Waals surface area contributed by atoms with Crippen LogP contribution in [0.1, 0.15) is 5.82 Å². The average molecular weight is 407 g/mol. The van der Waals surface area contributed by atoms with Crippen molar-refractivity contribution in [1.82, 2.24) is 19.4 Å². The van der Waals surface area contributed by atoms with Gasteiger partial charge < -0.3 is 23.8 Å². The standard InChI is InChI=1S/C22H25N5O3/c1-17-23-20(25-9-3-4-10-25)15-21(24-17)26-11-13-27(14-12-26)22(28)16-30-19-7-5-18(29-2)6-8-19/h3-10,15H,11-14,16H2,1-2H3. The summed E-state index contributed by atoms with van der Waals surface area (Å²) < 4.78 is 12.7. The number of ether oxygens (including phenoxy) is 2. The van der Waals surface area contributed by atoms with Crippen molar-refractivity contribution in [2.45, 2.75) is 6.92 Å². The molecule has 0 atom stereocenters. The Morgan fingerprint density at radius 3 is 2.27 bits per heavy atom. The largest absolute Gasteiger partial charge is 0.497 e. The minimum Gasteiger partial charge on any atom is -0.497 e. The number of nitrogens with zero attached hydrogens (tertiary/aromatic N) is 5. The van der Waals surface area contributed by atoms with E-state index < -0.39 is 0 Å². The molecule has 30 heavy (non-hydrogen) atoms. The highest BCUT2D eigenvalue weighted by molar-refractivity contribution is 5.78. The van der Waals surface area contributed by atoms with E-state index >= 15 is 0 Å². The van der Waals surface area contributed by atoms with E-state index in [2.05, 4.69) is 14.9 Å². The molecule has 0 unspecified atom stereocenters. The van der Waals surface area contributed by atoms with Crippen LogP contribution in [0.2, 0.25) is 0 Å². The number of rotatable bonds is 6. The molecule has 1 fully saturated rings. The van der Waals surface area contributed by atoms with Crippen LogP contribution in [0.25, 0.3) is 5.82 Å². The fourth-order valence-corrected chi connectivity index (χ4v) is 3.41. The Kier molecular flexibility index (Phi) is 5.83. The van der Waals surface area contributed by atoms with Crippen LogP contribution < -0.4 is 14.4 Å². The molecular formula is C22H25N5O3. The maximum atomic E-state index is 12.5. The molecular weight excluding hydrogens is 382 g/mol. The summed E-state index contributed by atoms with van der Waals surface area (Å²) in [5.74, 6) is 3.84. The maximum absolute atomic E-state index is 12.5. The van der Waals surface area contributed by atoms with Crippen molar-refractivity contribution in [2.24, 2.45) is 0 Å². The number of hydrogen-bond donors (Lipinski definition) is 0. The second kappa shape index (κ2) is 8.86. The van der Waals surface area contributed by atoms with Gasteiger partial charge in [0, 0.05) is 44.6 Å². The quantitative estimate of drug-likeness (QED) is 0.624. The van der Waals surface area contributed by atoms with E-state index in [1.54, 1.807) is 19.2 Å². The van der Waals surface area contributed by atoms with E-state index in [1.807, 2.05) is 59.1 Å². The Morgan fingerprint density at radius 2 is 1.60 bits per heavy atom. The molecule has 0 aliphatic carbocycles. The Bertz CT molecular complexity index is 981. The lowest BCUT2D eigenvalue weighted by molar-refractivity contribution is -0.133. The highest BCUT2D eigenvalue weighted by atomic mass is 16.5. The van der Waals surface area contributed by atoms with Gasteiger partial charge in [-0.3, -0.25) is 4.79 Å². The molecule has 4 rings (SSSR count). The van der Waals surface area contributed by atoms with Crippen LogP contribution in [0.15, 0.2) is 54.9 Å². The molecule has 3 aromatic rings. The third-order valence-electron chi connectivity index (χ3n) is 5.06. The zero-order chi connectivity index (χ0) is 20.9. The van der Waals surface area contributed by atoms with Crippen LogP contribution in [0.3, 0.4) is 0 Å². The Hall–Kier alpha value is -3.55. The summed E-state index contributed by atoms with van der Waals surface area (Å²) in [4.78, 5) is 25.7. The van der Waals surface area contributed by atoms with Crippen LogP contribution in [-0.4, -0.2) is 65.2 Å². The number of carbonyl (C=O) groups is 1. The zero-order valence-electron chi connectivity index (χ0n) is 17.2. The molecule has 3 heterocycles. The summed E-state index contributed by atoms with van der Waals surface area (Å²) >= 11 is 0. The molecule has 1 aromatic carbocycles. The molecule has 156 valence electrons. The van der Waals surface area contributed by atoms with Crippen LogP contribution in [0.5, 0.6) is 11.5 Å². The summed E-state index contributed by atoms with van der Waals surface area (Å²) in [5, 5.41) is 0. The number of piperazine rings is 1. The minimum atomic E-state index is -0.0163. The van der Waals surface area contributed by atoms with Gasteiger partial charge in [-0.05, 0) is 43.3 Å². The lowest BCUT2D eigenvalue weighted by atomic mass is 10.3. The first-order valence-corrected chi connectivity index (χ1v) is 9.91. The molecule has 2 aromatic heterocycles. The molecule has 8 nitrogen and oxygen atoms in total. The van der Waals surface area contributed by atoms with Gasteiger partial charge in [0.1, 0.15) is 29.0 Å². The van der Waals surface area contributed by atoms with Crippen molar-refractivity contribution in [2.75, 3.05) is 44.8 Å². The Labute approximate surface area is 175 Å². The lowest BCUT2D eigenvalue weighted by Crippen LogP contribution is -2.50. The number of anilines is 1. The second-order valence-corrected chi connectivity index (χ2v) is 7.05. The number of carbonyl (C=O) groups excluding carboxylic acids is 1. The summed E-state index contributed by atoms with van der Waals surface area (Å²) in [6, 6.07) is 13.1. The normalized spacial score (nSPS) is 13.9. The van der Waals surface area contributed by atoms with Crippen LogP contribution in [-0.2, 0) is 4.79 Å². The van der Waals surface area contributed by atoms with Gasteiger partial charge in [-0.2, -0.15) is 0 Å². The van der Waals surface area contributed by atoms with E-state index in [-0.39, 0.29) is 12.5 Å². The Balaban J connectivity index is 1.32. The predicted octanol–water partition coefficient (Wildman–Crippen LogP) is 2.31. The lowest BCUT2D eigenvalue weighted by Gasteiger charge is -2.35. The maximum Gasteiger partial charge on any atom is 0.260 e. The smallest absolute Gasteiger partial charge is 0.260 e. The molecule has 0 bridgehead atoms. The fraction of sp³-hybridized carbons (Fsp3) is 0.318. The van der Waals surface area contributed by atoms with Gasteiger partial charge in [-0.15, -0.1) is 0 Å². The number of benzene rings is 1. The summed E-state index contributed by atoms with van der Waals surface area (Å²) in [6.45, 7) is 4.62. The van der Waals surface area contributed by atoms with E-state index in [9.17, 15) is 4.79 Å². The fourth-order valence-electron chi connectivity index (χ4n) is 3.41. The molecule has 0 N–H and O–H groups in total. The van der Waals surface area contributed by atoms with Crippen LogP contribution in [0, 0.1) is 6.92 Å². The number of aromatic nitrogens is 3. The van der Waals surface area contributed by atoms with Crippen molar-refractivity contribution in [3.8, 4) is 17.3 Å². The second-order valence-electron chi connectivity index (χ2n) is 7.05. The van der Waals surface area contributed by atoms with Crippen molar-refractivity contribution >= 4 is 11.7 Å². The molecule has 1 amide bonds. The molecule has 1 aliphatic heterocycles. The van der Waals surface area contributed by atoms with E-state index in [0.29, 0.717) is 18.8 Å². The van der Waals surface area contributed by atoms with Gasteiger partial charge in [0.05, 0.1) is 7.11 Å². The number of methoxy groups -OCH3 is 1. The highest BCUT2D eigenvalue weighted by Gasteiger charge is 2.23. The van der Waals surface area contributed by atoms with E-state index in [4.69, 9.17) is 9.47 Å². The summed E-state index contributed by atoms with van der Waals surface area (Å²) in [6.07, 6.45) is 3.93. The molecule has 8 heteroatoms. The zero-order valence-corrected chi connectivity index (χ0v) is 17.2. The average Bonchev–Trinajstić information content (AvgIpc) is 3.33. The molecule has 1 aliphatic rings. The molecule has 0 radical (unpaired) electrons. The summed E-state index contributed by atoms with van der Waals surface area (Å²) in [5.41, 5.74) is 0.